The van der Waals surface area contributed by atoms with Gasteiger partial charge in [-0.05, 0) is 57.4 Å². The molecule has 1 aromatic rings. The SMILES string of the molecule is C=CCOc1c(C(C)(C)C)cc(C(C)(C)C)cc1[Si](C)(C)C1C2=CC=CCC2CC1C. The van der Waals surface area contributed by atoms with Crippen LogP contribution in [0.3, 0.4) is 0 Å². The Morgan fingerprint density at radius 1 is 1.10 bits per heavy atom. The molecule has 0 N–H and O–H groups in total. The fourth-order valence-electron chi connectivity index (χ4n) is 5.89. The normalized spacial score (nSPS) is 24.0. The van der Waals surface area contributed by atoms with E-state index in [2.05, 4.69) is 98.5 Å². The van der Waals surface area contributed by atoms with Gasteiger partial charge in [0.15, 0.2) is 0 Å². The molecule has 1 aromatic carbocycles. The first kappa shape index (κ1) is 24.1. The average molecular weight is 437 g/mol. The zero-order valence-corrected chi connectivity index (χ0v) is 22.4. The number of allylic oxidation sites excluding steroid dienone is 4. The smallest absolute Gasteiger partial charge is 0.122 e. The molecule has 0 aliphatic heterocycles. The van der Waals surface area contributed by atoms with E-state index in [1.165, 1.54) is 29.2 Å². The van der Waals surface area contributed by atoms with E-state index in [9.17, 15) is 0 Å². The summed E-state index contributed by atoms with van der Waals surface area (Å²) in [5, 5.41) is 1.50. The van der Waals surface area contributed by atoms with Crippen LogP contribution < -0.4 is 9.92 Å². The van der Waals surface area contributed by atoms with Gasteiger partial charge in [0.05, 0.1) is 8.07 Å². The van der Waals surface area contributed by atoms with Crippen LogP contribution in [0.15, 0.2) is 48.6 Å². The Balaban J connectivity index is 2.27. The summed E-state index contributed by atoms with van der Waals surface area (Å²) >= 11 is 0. The van der Waals surface area contributed by atoms with E-state index in [-0.39, 0.29) is 10.8 Å². The summed E-state index contributed by atoms with van der Waals surface area (Å²) in [5.41, 5.74) is 5.27. The van der Waals surface area contributed by atoms with Crippen LogP contribution in [0.5, 0.6) is 5.75 Å². The Hall–Kier alpha value is -1.54. The predicted molar refractivity (Wildman–Crippen MR) is 140 cm³/mol. The summed E-state index contributed by atoms with van der Waals surface area (Å²) in [7, 11) is -1.89. The molecule has 0 aromatic heterocycles. The first-order chi connectivity index (χ1) is 14.3. The molecule has 0 amide bonds. The molecule has 3 unspecified atom stereocenters. The molecule has 0 radical (unpaired) electrons. The van der Waals surface area contributed by atoms with Crippen LogP contribution in [0.1, 0.15) is 72.4 Å². The van der Waals surface area contributed by atoms with Gasteiger partial charge in [-0.15, -0.1) is 0 Å². The summed E-state index contributed by atoms with van der Waals surface area (Å²) in [6, 6.07) is 4.93. The minimum Gasteiger partial charge on any atom is -0.489 e. The van der Waals surface area contributed by atoms with Crippen molar-refractivity contribution in [3.05, 3.63) is 59.7 Å². The molecule has 0 spiro atoms. The van der Waals surface area contributed by atoms with E-state index in [4.69, 9.17) is 4.74 Å². The van der Waals surface area contributed by atoms with Crippen LogP contribution in [-0.4, -0.2) is 14.7 Å². The molecule has 31 heavy (non-hydrogen) atoms. The van der Waals surface area contributed by atoms with Gasteiger partial charge in [-0.2, -0.15) is 0 Å². The van der Waals surface area contributed by atoms with Crippen molar-refractivity contribution in [1.29, 1.82) is 0 Å². The van der Waals surface area contributed by atoms with E-state index < -0.39 is 8.07 Å². The van der Waals surface area contributed by atoms with E-state index in [1.54, 1.807) is 5.57 Å². The lowest BCUT2D eigenvalue weighted by Crippen LogP contribution is -2.49. The molecule has 3 rings (SSSR count). The average Bonchev–Trinajstić information content (AvgIpc) is 3.00. The summed E-state index contributed by atoms with van der Waals surface area (Å²) in [4.78, 5) is 0. The van der Waals surface area contributed by atoms with Crippen molar-refractivity contribution in [3.63, 3.8) is 0 Å². The predicted octanol–water partition coefficient (Wildman–Crippen LogP) is 7.67. The summed E-state index contributed by atoms with van der Waals surface area (Å²) < 4.78 is 6.51. The second-order valence-corrected chi connectivity index (χ2v) is 17.0. The monoisotopic (exact) mass is 436 g/mol. The van der Waals surface area contributed by atoms with Gasteiger partial charge >= 0.3 is 0 Å². The van der Waals surface area contributed by atoms with E-state index >= 15 is 0 Å². The van der Waals surface area contributed by atoms with Gasteiger partial charge in [-0.3, -0.25) is 0 Å². The lowest BCUT2D eigenvalue weighted by atomic mass is 9.80. The van der Waals surface area contributed by atoms with Gasteiger partial charge < -0.3 is 4.74 Å². The third-order valence-corrected chi connectivity index (χ3v) is 11.7. The molecule has 2 heteroatoms. The van der Waals surface area contributed by atoms with Crippen molar-refractivity contribution < 1.29 is 4.74 Å². The summed E-state index contributed by atoms with van der Waals surface area (Å²) in [5.74, 6) is 2.60. The van der Waals surface area contributed by atoms with Gasteiger partial charge in [0.1, 0.15) is 12.4 Å². The fourth-order valence-corrected chi connectivity index (χ4v) is 10.3. The Kier molecular flexibility index (Phi) is 6.55. The van der Waals surface area contributed by atoms with Crippen molar-refractivity contribution in [1.82, 2.24) is 0 Å². The molecule has 0 bridgehead atoms. The van der Waals surface area contributed by atoms with Crippen LogP contribution in [0.25, 0.3) is 0 Å². The Morgan fingerprint density at radius 3 is 2.35 bits per heavy atom. The zero-order chi connectivity index (χ0) is 23.2. The lowest BCUT2D eigenvalue weighted by Gasteiger charge is -2.39. The number of hydrogen-bond acceptors (Lipinski definition) is 1. The third-order valence-electron chi connectivity index (χ3n) is 7.48. The number of benzene rings is 1. The molecular formula is C29H44OSi. The highest BCUT2D eigenvalue weighted by atomic mass is 28.3. The topological polar surface area (TPSA) is 9.23 Å². The first-order valence-electron chi connectivity index (χ1n) is 12.1. The molecule has 1 fully saturated rings. The minimum atomic E-state index is -1.89. The molecule has 3 atom stereocenters. The molecule has 2 aliphatic carbocycles. The number of ether oxygens (including phenoxy) is 1. The zero-order valence-electron chi connectivity index (χ0n) is 21.4. The fraction of sp³-hybridized carbons (Fsp3) is 0.586. The highest BCUT2D eigenvalue weighted by Gasteiger charge is 2.48. The number of rotatable bonds is 5. The van der Waals surface area contributed by atoms with Crippen LogP contribution in [0.4, 0.5) is 0 Å². The highest BCUT2D eigenvalue weighted by Crippen LogP contribution is 2.53. The lowest BCUT2D eigenvalue weighted by molar-refractivity contribution is 0.353. The Labute approximate surface area is 192 Å². The Bertz CT molecular complexity index is 889. The summed E-state index contributed by atoms with van der Waals surface area (Å²) in [6.45, 7) is 26.1. The van der Waals surface area contributed by atoms with Crippen molar-refractivity contribution >= 4 is 13.3 Å². The summed E-state index contributed by atoms with van der Waals surface area (Å²) in [6.07, 6.45) is 11.5. The van der Waals surface area contributed by atoms with Crippen LogP contribution in [-0.2, 0) is 10.8 Å². The van der Waals surface area contributed by atoms with Crippen molar-refractivity contribution in [2.24, 2.45) is 11.8 Å². The van der Waals surface area contributed by atoms with Gasteiger partial charge in [0.2, 0.25) is 0 Å². The third kappa shape index (κ3) is 4.65. The first-order valence-corrected chi connectivity index (χ1v) is 15.2. The minimum absolute atomic E-state index is 0.0215. The second-order valence-electron chi connectivity index (χ2n) is 12.4. The number of hydrogen-bond donors (Lipinski definition) is 0. The molecule has 0 saturated heterocycles. The maximum Gasteiger partial charge on any atom is 0.122 e. The molecule has 2 aliphatic rings. The highest BCUT2D eigenvalue weighted by molar-refractivity contribution is 6.92. The molecule has 1 nitrogen and oxygen atoms in total. The van der Waals surface area contributed by atoms with Crippen LogP contribution in [0, 0.1) is 11.8 Å². The van der Waals surface area contributed by atoms with Gasteiger partial charge in [-0.25, -0.2) is 0 Å². The quantitative estimate of drug-likeness (QED) is 0.340. The van der Waals surface area contributed by atoms with Gasteiger partial charge in [0.25, 0.3) is 0 Å². The maximum absolute atomic E-state index is 6.51. The molecule has 170 valence electrons. The van der Waals surface area contributed by atoms with Crippen molar-refractivity contribution in [3.8, 4) is 5.75 Å². The number of fused-ring (bicyclic) bond motifs is 1. The second kappa shape index (κ2) is 8.43. The van der Waals surface area contributed by atoms with Crippen LogP contribution in [0.2, 0.25) is 18.6 Å². The van der Waals surface area contributed by atoms with E-state index in [1.807, 2.05) is 6.08 Å². The van der Waals surface area contributed by atoms with Crippen molar-refractivity contribution in [2.45, 2.75) is 90.8 Å². The van der Waals surface area contributed by atoms with E-state index in [0.717, 1.165) is 17.6 Å². The molecular weight excluding hydrogens is 392 g/mol. The van der Waals surface area contributed by atoms with E-state index in [0.29, 0.717) is 12.1 Å². The standard InChI is InChI=1S/C29H44OSi/c1-11-16-30-26-24(29(6,7)8)18-22(28(3,4)5)19-25(26)31(9,10)27-20(2)17-21-14-12-13-15-23(21)27/h11-13,15,18-21,27H,1,14,16-17H2,2-10H3. The molecule has 0 heterocycles. The Morgan fingerprint density at radius 2 is 1.77 bits per heavy atom. The maximum atomic E-state index is 6.51. The van der Waals surface area contributed by atoms with Crippen molar-refractivity contribution in [2.75, 3.05) is 6.61 Å². The molecule has 1 saturated carbocycles. The van der Waals surface area contributed by atoms with Crippen LogP contribution >= 0.6 is 0 Å². The van der Waals surface area contributed by atoms with Gasteiger partial charge in [0, 0.05) is 0 Å². The largest absolute Gasteiger partial charge is 0.489 e. The van der Waals surface area contributed by atoms with Gasteiger partial charge in [-0.1, -0.05) is 110 Å².